The number of amidine groups is 1. The van der Waals surface area contributed by atoms with E-state index in [-0.39, 0.29) is 11.2 Å². The lowest BCUT2D eigenvalue weighted by molar-refractivity contribution is -0.118. The van der Waals surface area contributed by atoms with Gasteiger partial charge in [0, 0.05) is 4.47 Å². The predicted molar refractivity (Wildman–Crippen MR) is 94.1 cm³/mol. The Kier molecular flexibility index (Phi) is 4.70. The zero-order chi connectivity index (χ0) is 15.4. The molecule has 0 aromatic heterocycles. The number of amides is 1. The molecule has 0 aliphatic carbocycles. The van der Waals surface area contributed by atoms with Crippen LogP contribution < -0.4 is 5.32 Å². The van der Waals surface area contributed by atoms with E-state index < -0.39 is 0 Å². The van der Waals surface area contributed by atoms with Crippen molar-refractivity contribution in [2.24, 2.45) is 10.2 Å². The highest BCUT2D eigenvalue weighted by atomic mass is 79.9. The van der Waals surface area contributed by atoms with E-state index in [0.717, 1.165) is 15.6 Å². The van der Waals surface area contributed by atoms with Gasteiger partial charge in [-0.25, -0.2) is 0 Å². The molecule has 0 bridgehead atoms. The maximum atomic E-state index is 12.0. The van der Waals surface area contributed by atoms with Gasteiger partial charge in [-0.05, 0) is 23.3 Å². The number of nitrogens with one attached hydrogen (secondary N) is 1. The number of carbonyl (C=O) groups is 1. The zero-order valence-electron chi connectivity index (χ0n) is 11.4. The van der Waals surface area contributed by atoms with E-state index in [2.05, 4.69) is 31.4 Å². The van der Waals surface area contributed by atoms with E-state index in [4.69, 9.17) is 0 Å². The standard InChI is InChI=1S/C16H12BrN3OS/c17-13-8-6-11(7-9-13)10-18-20-16-19-15(21)14(22-16)12-4-2-1-3-5-12/h1-10,14H,(H,19,20,21)/b18-10-/t14-/m0/s1. The fraction of sp³-hybridized carbons (Fsp3) is 0.0625. The molecule has 2 aromatic carbocycles. The summed E-state index contributed by atoms with van der Waals surface area (Å²) >= 11 is 4.76. The zero-order valence-corrected chi connectivity index (χ0v) is 13.8. The molecule has 1 aliphatic rings. The lowest BCUT2D eigenvalue weighted by atomic mass is 10.1. The second-order valence-corrected chi connectivity index (χ2v) is 6.61. The van der Waals surface area contributed by atoms with Gasteiger partial charge in [-0.1, -0.05) is 70.2 Å². The summed E-state index contributed by atoms with van der Waals surface area (Å²) in [6, 6.07) is 17.4. The molecule has 0 radical (unpaired) electrons. The molecule has 1 heterocycles. The van der Waals surface area contributed by atoms with Crippen molar-refractivity contribution >= 4 is 45.0 Å². The maximum absolute atomic E-state index is 12.0. The van der Waals surface area contributed by atoms with Gasteiger partial charge in [-0.3, -0.25) is 4.79 Å². The first-order valence-electron chi connectivity index (χ1n) is 6.61. The minimum atomic E-state index is -0.261. The summed E-state index contributed by atoms with van der Waals surface area (Å²) in [5.41, 5.74) is 1.91. The van der Waals surface area contributed by atoms with Crippen LogP contribution in [0.4, 0.5) is 0 Å². The second kappa shape index (κ2) is 6.89. The minimum absolute atomic E-state index is 0.0613. The second-order valence-electron chi connectivity index (χ2n) is 4.60. The van der Waals surface area contributed by atoms with E-state index in [1.54, 1.807) is 6.21 Å². The van der Waals surface area contributed by atoms with E-state index in [9.17, 15) is 4.79 Å². The van der Waals surface area contributed by atoms with Crippen LogP contribution in [0, 0.1) is 0 Å². The Morgan fingerprint density at radius 2 is 1.82 bits per heavy atom. The predicted octanol–water partition coefficient (Wildman–Crippen LogP) is 3.74. The third-order valence-electron chi connectivity index (χ3n) is 3.03. The van der Waals surface area contributed by atoms with Crippen molar-refractivity contribution in [3.63, 3.8) is 0 Å². The van der Waals surface area contributed by atoms with Gasteiger partial charge in [0.15, 0.2) is 5.17 Å². The number of hydrogen-bond donors (Lipinski definition) is 1. The molecule has 0 saturated carbocycles. The fourth-order valence-electron chi connectivity index (χ4n) is 1.96. The van der Waals surface area contributed by atoms with Gasteiger partial charge in [0.1, 0.15) is 5.25 Å². The van der Waals surface area contributed by atoms with Crippen LogP contribution in [0.2, 0.25) is 0 Å². The smallest absolute Gasteiger partial charge is 0.244 e. The Hall–Kier alpha value is -1.92. The monoisotopic (exact) mass is 373 g/mol. The summed E-state index contributed by atoms with van der Waals surface area (Å²) in [5, 5.41) is 11.1. The lowest BCUT2D eigenvalue weighted by Gasteiger charge is -2.03. The molecule has 1 aliphatic heterocycles. The molecule has 0 unspecified atom stereocenters. The third kappa shape index (κ3) is 3.64. The number of benzene rings is 2. The molecule has 1 fully saturated rings. The molecule has 1 N–H and O–H groups in total. The van der Waals surface area contributed by atoms with Crippen LogP contribution in [0.5, 0.6) is 0 Å². The Morgan fingerprint density at radius 1 is 1.09 bits per heavy atom. The summed E-state index contributed by atoms with van der Waals surface area (Å²) in [4.78, 5) is 12.0. The first-order valence-corrected chi connectivity index (χ1v) is 8.29. The summed E-state index contributed by atoms with van der Waals surface area (Å²) in [7, 11) is 0. The molecule has 0 spiro atoms. The van der Waals surface area contributed by atoms with Crippen LogP contribution >= 0.6 is 27.7 Å². The van der Waals surface area contributed by atoms with Crippen molar-refractivity contribution in [1.29, 1.82) is 0 Å². The van der Waals surface area contributed by atoms with E-state index in [0.29, 0.717) is 5.17 Å². The molecule has 22 heavy (non-hydrogen) atoms. The number of nitrogens with zero attached hydrogens (tertiary/aromatic N) is 2. The summed E-state index contributed by atoms with van der Waals surface area (Å²) < 4.78 is 1.01. The molecule has 2 aromatic rings. The number of rotatable bonds is 3. The highest BCUT2D eigenvalue weighted by molar-refractivity contribution is 9.10. The molecule has 1 atom stereocenters. The average Bonchev–Trinajstić information content (AvgIpc) is 2.91. The van der Waals surface area contributed by atoms with Crippen LogP contribution in [0.15, 0.2) is 69.3 Å². The van der Waals surface area contributed by atoms with Crippen LogP contribution in [-0.2, 0) is 4.79 Å². The summed E-state index contributed by atoms with van der Waals surface area (Å²) in [6.07, 6.45) is 1.65. The van der Waals surface area contributed by atoms with E-state index >= 15 is 0 Å². The maximum Gasteiger partial charge on any atom is 0.244 e. The van der Waals surface area contributed by atoms with Gasteiger partial charge in [-0.15, -0.1) is 5.10 Å². The molecule has 1 amide bonds. The highest BCUT2D eigenvalue weighted by Gasteiger charge is 2.31. The molecular formula is C16H12BrN3OS. The number of thioether (sulfide) groups is 1. The van der Waals surface area contributed by atoms with Crippen molar-refractivity contribution in [3.8, 4) is 0 Å². The normalized spacial score (nSPS) is 19.8. The van der Waals surface area contributed by atoms with Crippen molar-refractivity contribution < 1.29 is 4.79 Å². The average molecular weight is 374 g/mol. The molecule has 1 saturated heterocycles. The molecular weight excluding hydrogens is 362 g/mol. The number of hydrogen-bond acceptors (Lipinski definition) is 4. The topological polar surface area (TPSA) is 53.8 Å². The number of halogens is 1. The summed E-state index contributed by atoms with van der Waals surface area (Å²) in [6.45, 7) is 0. The van der Waals surface area contributed by atoms with Crippen molar-refractivity contribution in [2.45, 2.75) is 5.25 Å². The van der Waals surface area contributed by atoms with Crippen LogP contribution in [0.25, 0.3) is 0 Å². The van der Waals surface area contributed by atoms with Crippen LogP contribution in [0.3, 0.4) is 0 Å². The van der Waals surface area contributed by atoms with Gasteiger partial charge in [0.05, 0.1) is 6.21 Å². The van der Waals surface area contributed by atoms with Crippen molar-refractivity contribution in [1.82, 2.24) is 5.32 Å². The molecule has 4 nitrogen and oxygen atoms in total. The largest absolute Gasteiger partial charge is 0.302 e. The minimum Gasteiger partial charge on any atom is -0.302 e. The van der Waals surface area contributed by atoms with Crippen LogP contribution in [0.1, 0.15) is 16.4 Å². The van der Waals surface area contributed by atoms with E-state index in [1.165, 1.54) is 11.8 Å². The molecule has 6 heteroatoms. The Labute approximate surface area is 140 Å². The van der Waals surface area contributed by atoms with Gasteiger partial charge in [0.2, 0.25) is 5.91 Å². The third-order valence-corrected chi connectivity index (χ3v) is 4.68. The molecule has 110 valence electrons. The Bertz CT molecular complexity index is 729. The molecule has 3 rings (SSSR count). The van der Waals surface area contributed by atoms with Crippen LogP contribution in [-0.4, -0.2) is 17.3 Å². The summed E-state index contributed by atoms with van der Waals surface area (Å²) in [5.74, 6) is -0.0613. The SMILES string of the molecule is O=C1N/C(=N\N=C/c2ccc(Br)cc2)S[C@H]1c1ccccc1. The fourth-order valence-corrected chi connectivity index (χ4v) is 3.16. The Balaban J connectivity index is 1.69. The number of carbonyl (C=O) groups excluding carboxylic acids is 1. The first-order chi connectivity index (χ1) is 10.7. The van der Waals surface area contributed by atoms with Gasteiger partial charge >= 0.3 is 0 Å². The van der Waals surface area contributed by atoms with E-state index in [1.807, 2.05) is 54.6 Å². The van der Waals surface area contributed by atoms with Gasteiger partial charge < -0.3 is 5.32 Å². The lowest BCUT2D eigenvalue weighted by Crippen LogP contribution is -2.21. The quantitative estimate of drug-likeness (QED) is 0.657. The Morgan fingerprint density at radius 3 is 2.55 bits per heavy atom. The van der Waals surface area contributed by atoms with Gasteiger partial charge in [-0.2, -0.15) is 5.10 Å². The van der Waals surface area contributed by atoms with Gasteiger partial charge in [0.25, 0.3) is 0 Å². The van der Waals surface area contributed by atoms with Crippen molar-refractivity contribution in [3.05, 3.63) is 70.2 Å². The first kappa shape index (κ1) is 15.0. The highest BCUT2D eigenvalue weighted by Crippen LogP contribution is 2.34. The van der Waals surface area contributed by atoms with Crippen molar-refractivity contribution in [2.75, 3.05) is 0 Å².